The normalized spacial score (nSPS) is 30.8. The van der Waals surface area contributed by atoms with Crippen LogP contribution in [0.1, 0.15) is 37.3 Å². The summed E-state index contributed by atoms with van der Waals surface area (Å²) in [5.41, 5.74) is 1.03. The van der Waals surface area contributed by atoms with Gasteiger partial charge in [0.05, 0.1) is 11.1 Å². The second-order valence-corrected chi connectivity index (χ2v) is 9.61. The monoisotopic (exact) mass is 386 g/mol. The van der Waals surface area contributed by atoms with Gasteiger partial charge in [-0.2, -0.15) is 5.10 Å². The molecule has 0 bridgehead atoms. The van der Waals surface area contributed by atoms with Crippen LogP contribution in [0.15, 0.2) is 29.1 Å². The minimum absolute atomic E-state index is 0.0405. The fraction of sp³-hybridized carbons (Fsp3) is 0.529. The number of fused-ring (bicyclic) bond motifs is 1. The highest BCUT2D eigenvalue weighted by Gasteiger charge is 2.57. The lowest BCUT2D eigenvalue weighted by Crippen LogP contribution is -2.52. The van der Waals surface area contributed by atoms with Crippen LogP contribution in [0, 0.1) is 11.3 Å². The van der Waals surface area contributed by atoms with Gasteiger partial charge in [-0.3, -0.25) is 4.79 Å². The average molecular weight is 388 g/mol. The first-order valence-corrected chi connectivity index (χ1v) is 9.15. The average Bonchev–Trinajstić information content (AvgIpc) is 2.45. The molecule has 1 unspecified atom stereocenters. The molecule has 0 amide bonds. The molecule has 2 fully saturated rings. The number of halogens is 3. The SMILES string of the molecule is O=c1[nH]nc(C2CC3(C2)CC(C(O)C(Cl)(Cl)Cl)C3)c2ccccc12. The molecule has 2 N–H and O–H groups in total. The quantitative estimate of drug-likeness (QED) is 0.767. The highest BCUT2D eigenvalue weighted by molar-refractivity contribution is 6.68. The number of hydrogen-bond acceptors (Lipinski definition) is 3. The molecule has 0 aliphatic heterocycles. The standard InChI is InChI=1S/C17H17Cl3N2O2/c18-17(19,20)14(23)10-7-16(8-10)5-9(6-16)13-11-3-1-2-4-12(11)15(24)22-21-13/h1-4,9-10,14,23H,5-8H2,(H,22,24). The molecule has 0 saturated heterocycles. The smallest absolute Gasteiger partial charge is 0.272 e. The predicted octanol–water partition coefficient (Wildman–Crippen LogP) is 3.93. The number of nitrogens with one attached hydrogen (secondary N) is 1. The van der Waals surface area contributed by atoms with Crippen LogP contribution in [0.2, 0.25) is 0 Å². The lowest BCUT2D eigenvalue weighted by Gasteiger charge is -2.59. The van der Waals surface area contributed by atoms with E-state index in [1.54, 1.807) is 0 Å². The van der Waals surface area contributed by atoms with Gasteiger partial charge in [-0.05, 0) is 43.1 Å². The molecule has 128 valence electrons. The minimum atomic E-state index is -1.62. The number of alkyl halides is 3. The summed E-state index contributed by atoms with van der Waals surface area (Å²) >= 11 is 17.4. The summed E-state index contributed by atoms with van der Waals surface area (Å²) < 4.78 is -1.62. The van der Waals surface area contributed by atoms with Crippen molar-refractivity contribution < 1.29 is 5.11 Å². The number of nitrogens with zero attached hydrogens (tertiary/aromatic N) is 1. The number of rotatable bonds is 2. The zero-order valence-corrected chi connectivity index (χ0v) is 15.1. The van der Waals surface area contributed by atoms with Crippen molar-refractivity contribution in [2.75, 3.05) is 0 Å². The van der Waals surface area contributed by atoms with E-state index < -0.39 is 9.90 Å². The van der Waals surface area contributed by atoms with Crippen LogP contribution in [-0.4, -0.2) is 25.2 Å². The van der Waals surface area contributed by atoms with E-state index in [4.69, 9.17) is 34.8 Å². The van der Waals surface area contributed by atoms with Crippen molar-refractivity contribution in [1.29, 1.82) is 0 Å². The summed E-state index contributed by atoms with van der Waals surface area (Å²) in [4.78, 5) is 11.9. The molecule has 2 aliphatic rings. The first-order valence-electron chi connectivity index (χ1n) is 8.01. The van der Waals surface area contributed by atoms with E-state index in [9.17, 15) is 9.90 Å². The van der Waals surface area contributed by atoms with Gasteiger partial charge >= 0.3 is 0 Å². The second-order valence-electron chi connectivity index (χ2n) is 7.24. The highest BCUT2D eigenvalue weighted by Crippen LogP contribution is 2.65. The minimum Gasteiger partial charge on any atom is -0.388 e. The summed E-state index contributed by atoms with van der Waals surface area (Å²) in [5, 5.41) is 18.6. The molecule has 24 heavy (non-hydrogen) atoms. The Morgan fingerprint density at radius 3 is 2.42 bits per heavy atom. The van der Waals surface area contributed by atoms with Crippen LogP contribution in [0.25, 0.3) is 10.8 Å². The number of hydrogen-bond donors (Lipinski definition) is 2. The summed E-state index contributed by atoms with van der Waals surface area (Å²) in [6.45, 7) is 0. The third kappa shape index (κ3) is 2.64. The van der Waals surface area contributed by atoms with Crippen LogP contribution in [-0.2, 0) is 0 Å². The highest BCUT2D eigenvalue weighted by atomic mass is 35.6. The Kier molecular flexibility index (Phi) is 3.88. The topological polar surface area (TPSA) is 66.0 Å². The molecule has 1 aromatic heterocycles. The zero-order chi connectivity index (χ0) is 17.1. The van der Waals surface area contributed by atoms with Gasteiger partial charge in [0.15, 0.2) is 0 Å². The Labute approximate surface area is 154 Å². The van der Waals surface area contributed by atoms with Crippen molar-refractivity contribution in [2.45, 2.75) is 41.5 Å². The van der Waals surface area contributed by atoms with Crippen molar-refractivity contribution in [1.82, 2.24) is 10.2 Å². The Bertz CT molecular complexity index is 832. The molecule has 2 aliphatic carbocycles. The molecule has 1 spiro atoms. The summed E-state index contributed by atoms with van der Waals surface area (Å²) in [6.07, 6.45) is 2.83. The second kappa shape index (κ2) is 5.60. The number of aliphatic hydroxyl groups is 1. The Balaban J connectivity index is 1.48. The van der Waals surface area contributed by atoms with Crippen LogP contribution in [0.3, 0.4) is 0 Å². The molecule has 1 aromatic carbocycles. The van der Waals surface area contributed by atoms with Gasteiger partial charge in [0.25, 0.3) is 5.56 Å². The van der Waals surface area contributed by atoms with E-state index in [0.29, 0.717) is 11.3 Å². The maximum Gasteiger partial charge on any atom is 0.272 e. The van der Waals surface area contributed by atoms with Gasteiger partial charge in [0.2, 0.25) is 3.79 Å². The number of benzene rings is 1. The van der Waals surface area contributed by atoms with Crippen molar-refractivity contribution >= 4 is 45.6 Å². The van der Waals surface area contributed by atoms with Gasteiger partial charge in [-0.15, -0.1) is 0 Å². The van der Waals surface area contributed by atoms with Gasteiger partial charge in [-0.1, -0.05) is 53.0 Å². The predicted molar refractivity (Wildman–Crippen MR) is 95.8 cm³/mol. The number of aromatic nitrogens is 2. The first-order chi connectivity index (χ1) is 11.3. The summed E-state index contributed by atoms with van der Waals surface area (Å²) in [7, 11) is 0. The Morgan fingerprint density at radius 2 is 1.79 bits per heavy atom. The molecule has 7 heteroatoms. The zero-order valence-electron chi connectivity index (χ0n) is 12.8. The summed E-state index contributed by atoms with van der Waals surface area (Å²) in [6, 6.07) is 7.56. The number of H-pyrrole nitrogens is 1. The molecule has 4 nitrogen and oxygen atoms in total. The van der Waals surface area contributed by atoms with Gasteiger partial charge in [0.1, 0.15) is 6.10 Å². The van der Waals surface area contributed by atoms with Crippen LogP contribution < -0.4 is 5.56 Å². The summed E-state index contributed by atoms with van der Waals surface area (Å²) in [5.74, 6) is 0.372. The molecule has 1 heterocycles. The molecule has 2 aromatic rings. The van der Waals surface area contributed by atoms with Gasteiger partial charge in [0, 0.05) is 11.3 Å². The molecule has 1 atom stereocenters. The molecular weight excluding hydrogens is 371 g/mol. The third-order valence-corrected chi connectivity index (χ3v) is 6.31. The van der Waals surface area contributed by atoms with E-state index in [1.165, 1.54) is 0 Å². The number of aliphatic hydroxyl groups excluding tert-OH is 1. The fourth-order valence-corrected chi connectivity index (χ4v) is 5.04. The molecule has 0 radical (unpaired) electrons. The van der Waals surface area contributed by atoms with Crippen molar-refractivity contribution in [3.05, 3.63) is 40.3 Å². The largest absolute Gasteiger partial charge is 0.388 e. The molecule has 2 saturated carbocycles. The number of aromatic amines is 1. The van der Waals surface area contributed by atoms with E-state index in [1.807, 2.05) is 24.3 Å². The van der Waals surface area contributed by atoms with E-state index in [0.717, 1.165) is 36.8 Å². The lowest BCUT2D eigenvalue weighted by atomic mass is 9.47. The van der Waals surface area contributed by atoms with Crippen LogP contribution >= 0.6 is 34.8 Å². The van der Waals surface area contributed by atoms with Crippen molar-refractivity contribution in [3.8, 4) is 0 Å². The van der Waals surface area contributed by atoms with Crippen LogP contribution in [0.4, 0.5) is 0 Å². The Hall–Kier alpha value is -0.810. The molecular formula is C17H17Cl3N2O2. The van der Waals surface area contributed by atoms with E-state index in [-0.39, 0.29) is 16.9 Å². The van der Waals surface area contributed by atoms with Crippen LogP contribution in [0.5, 0.6) is 0 Å². The Morgan fingerprint density at radius 1 is 1.17 bits per heavy atom. The first kappa shape index (κ1) is 16.6. The maximum atomic E-state index is 11.9. The maximum absolute atomic E-state index is 11.9. The van der Waals surface area contributed by atoms with E-state index >= 15 is 0 Å². The van der Waals surface area contributed by atoms with Gasteiger partial charge in [-0.25, -0.2) is 5.10 Å². The lowest BCUT2D eigenvalue weighted by molar-refractivity contribution is -0.0895. The van der Waals surface area contributed by atoms with Gasteiger partial charge < -0.3 is 5.11 Å². The van der Waals surface area contributed by atoms with Crippen molar-refractivity contribution in [3.63, 3.8) is 0 Å². The fourth-order valence-electron chi connectivity index (χ4n) is 4.50. The van der Waals surface area contributed by atoms with E-state index in [2.05, 4.69) is 10.2 Å². The molecule has 4 rings (SSSR count). The third-order valence-electron chi connectivity index (χ3n) is 5.64. The van der Waals surface area contributed by atoms with Crippen molar-refractivity contribution in [2.24, 2.45) is 11.3 Å².